The van der Waals surface area contributed by atoms with Crippen LogP contribution in [0.2, 0.25) is 0 Å². The molecule has 1 rings (SSSR count). The van der Waals surface area contributed by atoms with Gasteiger partial charge in [-0.2, -0.15) is 0 Å². The predicted molar refractivity (Wildman–Crippen MR) is 32.0 cm³/mol. The number of alkyl halides is 1. The summed E-state index contributed by atoms with van der Waals surface area (Å²) in [5.74, 6) is -1.03. The van der Waals surface area contributed by atoms with E-state index < -0.39 is 5.38 Å². The Morgan fingerprint density at radius 1 is 1.44 bits per heavy atom. The summed E-state index contributed by atoms with van der Waals surface area (Å²) in [7, 11) is 0. The zero-order valence-electron chi connectivity index (χ0n) is 4.85. The third-order valence-corrected chi connectivity index (χ3v) is 1.93. The summed E-state index contributed by atoms with van der Waals surface area (Å²) in [5, 5.41) is 1.44. The van der Waals surface area contributed by atoms with Crippen LogP contribution in [0, 0.1) is 5.92 Å². The minimum Gasteiger partial charge on any atom is -0.295 e. The number of imide groups is 1. The molecule has 1 aliphatic heterocycles. The van der Waals surface area contributed by atoms with Crippen LogP contribution < -0.4 is 5.32 Å². The fourth-order valence-electron chi connectivity index (χ4n) is 0.664. The van der Waals surface area contributed by atoms with E-state index in [1.54, 1.807) is 6.92 Å². The van der Waals surface area contributed by atoms with Crippen LogP contribution >= 0.6 is 11.6 Å². The van der Waals surface area contributed by atoms with Crippen LogP contribution in [-0.2, 0) is 9.59 Å². The van der Waals surface area contributed by atoms with Gasteiger partial charge in [-0.25, -0.2) is 0 Å². The zero-order valence-corrected chi connectivity index (χ0v) is 5.61. The van der Waals surface area contributed by atoms with Crippen LogP contribution in [0.15, 0.2) is 0 Å². The molecule has 1 fully saturated rings. The van der Waals surface area contributed by atoms with Gasteiger partial charge in [0.25, 0.3) is 0 Å². The van der Waals surface area contributed by atoms with Crippen LogP contribution in [-0.4, -0.2) is 17.2 Å². The lowest BCUT2D eigenvalue weighted by Gasteiger charge is -1.96. The second kappa shape index (κ2) is 1.99. The van der Waals surface area contributed by atoms with Crippen molar-refractivity contribution in [3.63, 3.8) is 0 Å². The van der Waals surface area contributed by atoms with Gasteiger partial charge >= 0.3 is 0 Å². The fourth-order valence-corrected chi connectivity index (χ4v) is 0.833. The summed E-state index contributed by atoms with van der Waals surface area (Å²) in [6, 6.07) is 0. The maximum absolute atomic E-state index is 10.6. The maximum atomic E-state index is 10.6. The Kier molecular flexibility index (Phi) is 1.45. The topological polar surface area (TPSA) is 46.2 Å². The van der Waals surface area contributed by atoms with E-state index in [2.05, 4.69) is 5.32 Å². The van der Waals surface area contributed by atoms with Gasteiger partial charge in [-0.1, -0.05) is 6.92 Å². The summed E-state index contributed by atoms with van der Waals surface area (Å²) in [6.45, 7) is 1.62. The van der Waals surface area contributed by atoms with Crippen LogP contribution in [0.25, 0.3) is 0 Å². The Bertz CT molecular complexity index is 150. The Hall–Kier alpha value is -0.570. The SMILES string of the molecule is CC1C(=O)NC(=O)C1Cl. The third kappa shape index (κ3) is 0.920. The van der Waals surface area contributed by atoms with Gasteiger partial charge in [0.1, 0.15) is 5.38 Å². The van der Waals surface area contributed by atoms with Gasteiger partial charge in [0.05, 0.1) is 5.92 Å². The summed E-state index contributed by atoms with van der Waals surface area (Å²) < 4.78 is 0. The van der Waals surface area contributed by atoms with E-state index in [0.29, 0.717) is 0 Å². The van der Waals surface area contributed by atoms with Crippen LogP contribution in [0.4, 0.5) is 0 Å². The molecule has 4 heteroatoms. The molecule has 0 bridgehead atoms. The predicted octanol–water partition coefficient (Wildman–Crippen LogP) is -0.114. The molecule has 1 aliphatic rings. The molecule has 1 saturated heterocycles. The molecule has 1 heterocycles. The highest BCUT2D eigenvalue weighted by molar-refractivity contribution is 6.35. The summed E-state index contributed by atoms with van der Waals surface area (Å²) in [6.07, 6.45) is 0. The molecule has 1 N–H and O–H groups in total. The molecule has 2 atom stereocenters. The summed E-state index contributed by atoms with van der Waals surface area (Å²) in [4.78, 5) is 21.1. The average Bonchev–Trinajstić information content (AvgIpc) is 1.98. The quantitative estimate of drug-likeness (QED) is 0.384. The molecule has 2 amide bonds. The first kappa shape index (κ1) is 6.55. The van der Waals surface area contributed by atoms with Crippen molar-refractivity contribution in [2.75, 3.05) is 0 Å². The lowest BCUT2D eigenvalue weighted by Crippen LogP contribution is -2.22. The molecule has 9 heavy (non-hydrogen) atoms. The first-order valence-corrected chi connectivity index (χ1v) is 3.05. The summed E-state index contributed by atoms with van der Waals surface area (Å²) >= 11 is 5.48. The Morgan fingerprint density at radius 3 is 2.11 bits per heavy atom. The summed E-state index contributed by atoms with van der Waals surface area (Å²) in [5.41, 5.74) is 0. The number of amides is 2. The van der Waals surface area contributed by atoms with E-state index in [0.717, 1.165) is 0 Å². The van der Waals surface area contributed by atoms with Crippen LogP contribution in [0.1, 0.15) is 6.92 Å². The molecular weight excluding hydrogens is 142 g/mol. The number of carbonyl (C=O) groups is 2. The third-order valence-electron chi connectivity index (χ3n) is 1.35. The molecule has 50 valence electrons. The van der Waals surface area contributed by atoms with Crippen molar-refractivity contribution in [1.82, 2.24) is 5.32 Å². The van der Waals surface area contributed by atoms with Crippen LogP contribution in [0.3, 0.4) is 0 Å². The molecule has 0 spiro atoms. The molecule has 0 saturated carbocycles. The van der Waals surface area contributed by atoms with E-state index >= 15 is 0 Å². The fraction of sp³-hybridized carbons (Fsp3) is 0.600. The standard InChI is InChI=1S/C5H6ClNO2/c1-2-3(6)5(9)7-4(2)8/h2-3H,1H3,(H,7,8,9). The average molecular weight is 148 g/mol. The maximum Gasteiger partial charge on any atom is 0.245 e. The Labute approximate surface area is 57.4 Å². The van der Waals surface area contributed by atoms with Gasteiger partial charge < -0.3 is 0 Å². The number of hydrogen-bond acceptors (Lipinski definition) is 2. The molecular formula is C5H6ClNO2. The lowest BCUT2D eigenvalue weighted by atomic mass is 10.1. The smallest absolute Gasteiger partial charge is 0.245 e. The van der Waals surface area contributed by atoms with E-state index in [-0.39, 0.29) is 17.7 Å². The highest BCUT2D eigenvalue weighted by atomic mass is 35.5. The minimum absolute atomic E-state index is 0.278. The largest absolute Gasteiger partial charge is 0.295 e. The first-order valence-electron chi connectivity index (χ1n) is 2.61. The number of nitrogens with one attached hydrogen (secondary N) is 1. The zero-order chi connectivity index (χ0) is 7.02. The normalized spacial score (nSPS) is 34.9. The van der Waals surface area contributed by atoms with Gasteiger partial charge in [0.15, 0.2) is 0 Å². The van der Waals surface area contributed by atoms with Gasteiger partial charge in [-0.05, 0) is 0 Å². The van der Waals surface area contributed by atoms with Crippen molar-refractivity contribution in [3.8, 4) is 0 Å². The number of rotatable bonds is 0. The molecule has 0 aromatic heterocycles. The molecule has 0 aromatic rings. The molecule has 2 unspecified atom stereocenters. The van der Waals surface area contributed by atoms with E-state index in [9.17, 15) is 9.59 Å². The highest BCUT2D eigenvalue weighted by Crippen LogP contribution is 2.15. The lowest BCUT2D eigenvalue weighted by molar-refractivity contribution is -0.125. The van der Waals surface area contributed by atoms with E-state index in [4.69, 9.17) is 11.6 Å². The van der Waals surface area contributed by atoms with E-state index in [1.807, 2.05) is 0 Å². The van der Waals surface area contributed by atoms with Gasteiger partial charge in [0, 0.05) is 0 Å². The molecule has 3 nitrogen and oxygen atoms in total. The van der Waals surface area contributed by atoms with Crippen molar-refractivity contribution < 1.29 is 9.59 Å². The van der Waals surface area contributed by atoms with Crippen molar-refractivity contribution in [1.29, 1.82) is 0 Å². The number of hydrogen-bond donors (Lipinski definition) is 1. The Balaban J connectivity index is 2.77. The highest BCUT2D eigenvalue weighted by Gasteiger charge is 2.36. The molecule has 0 radical (unpaired) electrons. The number of halogens is 1. The van der Waals surface area contributed by atoms with Crippen molar-refractivity contribution in [3.05, 3.63) is 0 Å². The Morgan fingerprint density at radius 2 is 2.00 bits per heavy atom. The molecule has 0 aliphatic carbocycles. The number of carbonyl (C=O) groups excluding carboxylic acids is 2. The van der Waals surface area contributed by atoms with Gasteiger partial charge in [-0.15, -0.1) is 11.6 Å². The van der Waals surface area contributed by atoms with Crippen LogP contribution in [0.5, 0.6) is 0 Å². The van der Waals surface area contributed by atoms with Crippen molar-refractivity contribution in [2.24, 2.45) is 5.92 Å². The first-order chi connectivity index (χ1) is 4.13. The second-order valence-electron chi connectivity index (χ2n) is 2.04. The van der Waals surface area contributed by atoms with Crippen molar-refractivity contribution in [2.45, 2.75) is 12.3 Å². The van der Waals surface area contributed by atoms with Gasteiger partial charge in [-0.3, -0.25) is 14.9 Å². The van der Waals surface area contributed by atoms with Crippen molar-refractivity contribution >= 4 is 23.4 Å². The minimum atomic E-state index is -0.669. The van der Waals surface area contributed by atoms with Gasteiger partial charge in [0.2, 0.25) is 11.8 Å². The monoisotopic (exact) mass is 147 g/mol. The molecule has 0 aromatic carbocycles. The van der Waals surface area contributed by atoms with E-state index in [1.165, 1.54) is 0 Å². The second-order valence-corrected chi connectivity index (χ2v) is 2.51.